The van der Waals surface area contributed by atoms with Gasteiger partial charge in [-0.3, -0.25) is 0 Å². The molecular formula is C11H13N3O3. The lowest BCUT2D eigenvalue weighted by Crippen LogP contribution is -2.21. The fraction of sp³-hybridized carbons (Fsp3) is 0.273. The molecule has 90 valence electrons. The Morgan fingerprint density at radius 2 is 2.06 bits per heavy atom. The van der Waals surface area contributed by atoms with E-state index in [-0.39, 0.29) is 19.2 Å². The summed E-state index contributed by atoms with van der Waals surface area (Å²) in [4.78, 5) is 3.94. The van der Waals surface area contributed by atoms with Crippen LogP contribution in [-0.4, -0.2) is 44.3 Å². The topological polar surface area (TPSA) is 80.4 Å². The van der Waals surface area contributed by atoms with E-state index < -0.39 is 6.10 Å². The molecule has 6 heteroatoms. The van der Waals surface area contributed by atoms with Gasteiger partial charge in [0.1, 0.15) is 19.0 Å². The van der Waals surface area contributed by atoms with E-state index in [9.17, 15) is 0 Å². The lowest BCUT2D eigenvalue weighted by atomic mass is 10.3. The normalized spacial score (nSPS) is 12.4. The SMILES string of the molecule is OCC(O)COc1ncn(-c2ccccc2)n1. The van der Waals surface area contributed by atoms with Crippen molar-refractivity contribution < 1.29 is 14.9 Å². The first-order valence-electron chi connectivity index (χ1n) is 5.18. The number of aromatic nitrogens is 3. The number of para-hydroxylation sites is 1. The fourth-order valence-electron chi connectivity index (χ4n) is 1.24. The monoisotopic (exact) mass is 235 g/mol. The third kappa shape index (κ3) is 3.02. The molecule has 0 saturated heterocycles. The van der Waals surface area contributed by atoms with Crippen molar-refractivity contribution in [2.45, 2.75) is 6.10 Å². The maximum Gasteiger partial charge on any atom is 0.335 e. The number of aliphatic hydroxyl groups excluding tert-OH is 2. The summed E-state index contributed by atoms with van der Waals surface area (Å²) in [6, 6.07) is 9.65. The highest BCUT2D eigenvalue weighted by Crippen LogP contribution is 2.08. The van der Waals surface area contributed by atoms with Crippen LogP contribution in [0.4, 0.5) is 0 Å². The summed E-state index contributed by atoms with van der Waals surface area (Å²) in [5, 5.41) is 21.8. The molecule has 1 heterocycles. The van der Waals surface area contributed by atoms with Gasteiger partial charge in [0.25, 0.3) is 0 Å². The summed E-state index contributed by atoms with van der Waals surface area (Å²) in [6.45, 7) is -0.380. The van der Waals surface area contributed by atoms with Crippen LogP contribution in [0.25, 0.3) is 5.69 Å². The Balaban J connectivity index is 2.01. The van der Waals surface area contributed by atoms with E-state index in [1.807, 2.05) is 30.3 Å². The summed E-state index contributed by atoms with van der Waals surface area (Å²) in [5.41, 5.74) is 0.873. The first-order valence-corrected chi connectivity index (χ1v) is 5.18. The van der Waals surface area contributed by atoms with Crippen molar-refractivity contribution in [3.8, 4) is 11.7 Å². The molecule has 1 unspecified atom stereocenters. The van der Waals surface area contributed by atoms with Gasteiger partial charge in [-0.2, -0.15) is 4.98 Å². The third-order valence-corrected chi connectivity index (χ3v) is 2.11. The second-order valence-electron chi connectivity index (χ2n) is 3.45. The van der Waals surface area contributed by atoms with Gasteiger partial charge in [0.05, 0.1) is 12.3 Å². The molecule has 0 bridgehead atoms. The van der Waals surface area contributed by atoms with Crippen LogP contribution in [0.2, 0.25) is 0 Å². The Hall–Kier alpha value is -1.92. The lowest BCUT2D eigenvalue weighted by molar-refractivity contribution is 0.0505. The number of benzene rings is 1. The number of nitrogens with zero attached hydrogens (tertiary/aromatic N) is 3. The molecule has 17 heavy (non-hydrogen) atoms. The molecule has 1 atom stereocenters. The van der Waals surface area contributed by atoms with Crippen LogP contribution in [0.15, 0.2) is 36.7 Å². The van der Waals surface area contributed by atoms with E-state index in [4.69, 9.17) is 14.9 Å². The zero-order valence-electron chi connectivity index (χ0n) is 9.10. The van der Waals surface area contributed by atoms with E-state index in [1.165, 1.54) is 6.33 Å². The first-order chi connectivity index (χ1) is 8.29. The van der Waals surface area contributed by atoms with Crippen LogP contribution < -0.4 is 4.74 Å². The molecule has 2 aromatic rings. The zero-order valence-corrected chi connectivity index (χ0v) is 9.10. The predicted octanol–water partition coefficient (Wildman–Crippen LogP) is -0.000700. The Kier molecular flexibility index (Phi) is 3.69. The minimum Gasteiger partial charge on any atom is -0.460 e. The molecule has 0 radical (unpaired) electrons. The Bertz CT molecular complexity index is 458. The molecule has 0 spiro atoms. The Morgan fingerprint density at radius 3 is 2.76 bits per heavy atom. The van der Waals surface area contributed by atoms with Gasteiger partial charge >= 0.3 is 6.01 Å². The van der Waals surface area contributed by atoms with Crippen LogP contribution >= 0.6 is 0 Å². The van der Waals surface area contributed by atoms with Crippen molar-refractivity contribution in [2.24, 2.45) is 0 Å². The van der Waals surface area contributed by atoms with E-state index in [1.54, 1.807) is 4.68 Å². The van der Waals surface area contributed by atoms with Crippen LogP contribution in [-0.2, 0) is 0 Å². The molecule has 0 saturated carbocycles. The van der Waals surface area contributed by atoms with Crippen LogP contribution in [0, 0.1) is 0 Å². The molecular weight excluding hydrogens is 222 g/mol. The van der Waals surface area contributed by atoms with Gasteiger partial charge in [-0.15, -0.1) is 5.10 Å². The van der Waals surface area contributed by atoms with Crippen molar-refractivity contribution in [1.82, 2.24) is 14.8 Å². The molecule has 0 aliphatic rings. The molecule has 0 amide bonds. The molecule has 1 aromatic heterocycles. The Labute approximate surface area is 98.1 Å². The molecule has 2 N–H and O–H groups in total. The standard InChI is InChI=1S/C11H13N3O3/c15-6-10(16)7-17-11-12-8-14(13-11)9-4-2-1-3-5-9/h1-5,8,10,15-16H,6-7H2. The van der Waals surface area contributed by atoms with Gasteiger partial charge in [-0.05, 0) is 12.1 Å². The van der Waals surface area contributed by atoms with Gasteiger partial charge in [0.15, 0.2) is 0 Å². The van der Waals surface area contributed by atoms with Crippen molar-refractivity contribution in [3.05, 3.63) is 36.7 Å². The second kappa shape index (κ2) is 5.42. The summed E-state index contributed by atoms with van der Waals surface area (Å²) in [5.74, 6) is 0. The third-order valence-electron chi connectivity index (χ3n) is 2.11. The smallest absolute Gasteiger partial charge is 0.335 e. The number of ether oxygens (including phenoxy) is 1. The number of rotatable bonds is 5. The minimum atomic E-state index is -0.918. The van der Waals surface area contributed by atoms with E-state index >= 15 is 0 Å². The molecule has 2 rings (SSSR count). The highest BCUT2D eigenvalue weighted by Gasteiger charge is 2.07. The highest BCUT2D eigenvalue weighted by atomic mass is 16.5. The molecule has 6 nitrogen and oxygen atoms in total. The van der Waals surface area contributed by atoms with E-state index in [2.05, 4.69) is 10.1 Å². The highest BCUT2D eigenvalue weighted by molar-refractivity contribution is 5.29. The van der Waals surface area contributed by atoms with Gasteiger partial charge in [0.2, 0.25) is 0 Å². The van der Waals surface area contributed by atoms with Crippen LogP contribution in [0.1, 0.15) is 0 Å². The van der Waals surface area contributed by atoms with Gasteiger partial charge in [-0.25, -0.2) is 4.68 Å². The quantitative estimate of drug-likeness (QED) is 0.762. The maximum absolute atomic E-state index is 9.11. The summed E-state index contributed by atoms with van der Waals surface area (Å²) in [6.07, 6.45) is 0.606. The number of aliphatic hydroxyl groups is 2. The predicted molar refractivity (Wildman–Crippen MR) is 59.9 cm³/mol. The lowest BCUT2D eigenvalue weighted by Gasteiger charge is -2.05. The van der Waals surface area contributed by atoms with E-state index in [0.717, 1.165) is 5.69 Å². The molecule has 0 aliphatic carbocycles. The van der Waals surface area contributed by atoms with Gasteiger partial charge in [-0.1, -0.05) is 18.2 Å². The molecule has 1 aromatic carbocycles. The zero-order chi connectivity index (χ0) is 12.1. The van der Waals surface area contributed by atoms with Gasteiger partial charge in [0, 0.05) is 0 Å². The number of hydrogen-bond donors (Lipinski definition) is 2. The van der Waals surface area contributed by atoms with Crippen molar-refractivity contribution >= 4 is 0 Å². The van der Waals surface area contributed by atoms with Crippen molar-refractivity contribution in [3.63, 3.8) is 0 Å². The van der Waals surface area contributed by atoms with Gasteiger partial charge < -0.3 is 14.9 Å². The average molecular weight is 235 g/mol. The summed E-state index contributed by atoms with van der Waals surface area (Å²) >= 11 is 0. The van der Waals surface area contributed by atoms with Crippen molar-refractivity contribution in [2.75, 3.05) is 13.2 Å². The minimum absolute atomic E-state index is 0.0324. The number of hydrogen-bond acceptors (Lipinski definition) is 5. The largest absolute Gasteiger partial charge is 0.460 e. The Morgan fingerprint density at radius 1 is 1.29 bits per heavy atom. The maximum atomic E-state index is 9.11. The molecule has 0 aliphatic heterocycles. The summed E-state index contributed by atoms with van der Waals surface area (Å²) < 4.78 is 6.68. The van der Waals surface area contributed by atoms with Crippen LogP contribution in [0.3, 0.4) is 0 Å². The fourth-order valence-corrected chi connectivity index (χ4v) is 1.24. The first kappa shape index (κ1) is 11.6. The van der Waals surface area contributed by atoms with E-state index in [0.29, 0.717) is 0 Å². The van der Waals surface area contributed by atoms with Crippen molar-refractivity contribution in [1.29, 1.82) is 0 Å². The second-order valence-corrected chi connectivity index (χ2v) is 3.45. The molecule has 0 fully saturated rings. The average Bonchev–Trinajstić information content (AvgIpc) is 2.86. The summed E-state index contributed by atoms with van der Waals surface area (Å²) in [7, 11) is 0. The van der Waals surface area contributed by atoms with Crippen LogP contribution in [0.5, 0.6) is 6.01 Å².